The Morgan fingerprint density at radius 1 is 0.433 bits per heavy atom. The molecule has 3 heterocycles. The fourth-order valence-corrected chi connectivity index (χ4v) is 20.4. The average Bonchev–Trinajstić information content (AvgIpc) is 1.53. The lowest BCUT2D eigenvalue weighted by Gasteiger charge is -2.38. The van der Waals surface area contributed by atoms with E-state index in [0.717, 1.165) is 31.2 Å². The molecule has 3 aromatic rings. The maximum atomic E-state index is 14.4. The number of benzene rings is 3. The molecule has 34 heteroatoms. The third-order valence-electron chi connectivity index (χ3n) is 29.4. The van der Waals surface area contributed by atoms with Crippen LogP contribution in [0.1, 0.15) is 243 Å². The summed E-state index contributed by atoms with van der Waals surface area (Å²) in [5, 5.41) is 30.1. The Morgan fingerprint density at radius 3 is 1.11 bits per heavy atom. The molecule has 0 bridgehead atoms. The third kappa shape index (κ3) is 27.5. The highest BCUT2D eigenvalue weighted by atomic mass is 16.5. The van der Waals surface area contributed by atoms with Gasteiger partial charge >= 0.3 is 18.1 Å². The molecule has 0 spiro atoms. The summed E-state index contributed by atoms with van der Waals surface area (Å²) in [6.07, 6.45) is 8.34. The molecule has 3 aromatic carbocycles. The summed E-state index contributed by atoms with van der Waals surface area (Å²) in [4.78, 5) is 244. The molecule has 15 amide bonds. The smallest absolute Gasteiger partial charge is 0.316 e. The van der Waals surface area contributed by atoms with Crippen LogP contribution in [-0.2, 0) is 68.9 Å². The van der Waals surface area contributed by atoms with Gasteiger partial charge in [0.1, 0.15) is 48.6 Å². The molecule has 3 aliphatic heterocycles. The number of rotatable bonds is 43. The molecule has 13 N–H and O–H groups in total. The van der Waals surface area contributed by atoms with Gasteiger partial charge in [0.2, 0.25) is 52.8 Å². The van der Waals surface area contributed by atoms with E-state index in [1.807, 2.05) is 176 Å². The van der Waals surface area contributed by atoms with Crippen molar-refractivity contribution < 1.29 is 91.0 Å². The van der Waals surface area contributed by atoms with E-state index in [9.17, 15) is 86.3 Å². The number of primary amides is 1. The Morgan fingerprint density at radius 2 is 0.773 bits per heavy atom. The summed E-state index contributed by atoms with van der Waals surface area (Å²) in [7, 11) is 0. The Balaban J connectivity index is 0.000000237. The standard InChI is InChI=1S/C40H53N5O7.C35H51N5O6.C32H51N5O6/c1-22(2)30(32(46)25-15-11-12-16-28(25)52-21-24-13-9-8-10-14-24)43-38(51)44-34(39(3,4)5)37(50)45-20-26-29(40(26,6)7)31(45)36(49)42-27(19-23-17-18-23)33(47)35(41)48;1-10-15-23(28(42)31(44)36-18-11-2)37-30(43)26-24-22(35(24,8)9)19-40(26)32(45)29(34(5,6)7)39-33(46)38-25(20(3)4)27(41)21-16-13-12-14-17-21;1-10-12-20(25(39)28(41)33-15-11-2)34-27(40)23-21-19(32(21,8)9)16-37(23)29(42)26(31(5,6)7)36-30(43)35-22(17(3)4)24(38)18-13-14-18/h8-16,22-23,26-27,29-31,34H,17-21H2,1-7H3,(H2,41,48)(H,42,49)(H2,43,44,51);11-14,16-17,20,22-26,29H,2,10,15,18-19H2,1,3-9H3,(H,36,44)(H,37,43)(H2,38,39,46);11,17-23,26H,2,10,12-16H2,1,3-9H3,(H,33,41)(H,34,40)(H2,35,36,43)/t26-,27?,29-,30-,31-,34+;22-,23?,24-,25-,26-,29+;19-,20?,21-,22-,23-,26+/m000/s1. The minimum Gasteiger partial charge on any atom is -0.488 e. The molecule has 772 valence electrons. The van der Waals surface area contributed by atoms with E-state index in [0.29, 0.717) is 55.8 Å². The van der Waals surface area contributed by atoms with Gasteiger partial charge in [0.25, 0.3) is 17.7 Å². The Bertz CT molecular complexity index is 5160. The molecule has 8 fully saturated rings. The van der Waals surface area contributed by atoms with E-state index in [1.165, 1.54) is 26.9 Å². The topological polar surface area (TPSA) is 485 Å². The number of piperidine rings is 3. The first kappa shape index (κ1) is 113. The second kappa shape index (κ2) is 46.4. The van der Waals surface area contributed by atoms with E-state index in [2.05, 4.69) is 85.5 Å². The van der Waals surface area contributed by atoms with Crippen LogP contribution in [0, 0.1) is 97.6 Å². The number of hydrogen-bond donors (Lipinski definition) is 12. The average molecular weight is 1960 g/mol. The van der Waals surface area contributed by atoms with Crippen molar-refractivity contribution in [2.45, 2.75) is 296 Å². The van der Waals surface area contributed by atoms with Crippen LogP contribution in [-0.4, -0.2) is 226 Å². The first-order valence-electron chi connectivity index (χ1n) is 50.0. The van der Waals surface area contributed by atoms with Crippen molar-refractivity contribution in [3.05, 3.63) is 127 Å². The molecule has 0 radical (unpaired) electrons. The first-order chi connectivity index (χ1) is 65.8. The van der Waals surface area contributed by atoms with Crippen LogP contribution in [0.5, 0.6) is 5.75 Å². The molecule has 11 rings (SSSR count). The number of nitrogens with one attached hydrogen (secondary N) is 11. The van der Waals surface area contributed by atoms with E-state index >= 15 is 0 Å². The van der Waals surface area contributed by atoms with Crippen molar-refractivity contribution >= 4 is 106 Å². The van der Waals surface area contributed by atoms with Crippen LogP contribution in [0.4, 0.5) is 14.4 Å². The number of ether oxygens (including phenoxy) is 1. The molecule has 5 aliphatic carbocycles. The number of carbonyl (C=O) groups excluding carboxylic acids is 18. The van der Waals surface area contributed by atoms with E-state index < -0.39 is 177 Å². The molecule has 141 heavy (non-hydrogen) atoms. The fourth-order valence-electron chi connectivity index (χ4n) is 20.4. The summed E-state index contributed by atoms with van der Waals surface area (Å²) >= 11 is 0. The van der Waals surface area contributed by atoms with E-state index in [-0.39, 0.29) is 131 Å². The van der Waals surface area contributed by atoms with Crippen LogP contribution in [0.3, 0.4) is 0 Å². The van der Waals surface area contributed by atoms with Gasteiger partial charge in [-0.2, -0.15) is 0 Å². The number of hydrogen-bond acceptors (Lipinski definition) is 19. The van der Waals surface area contributed by atoms with Crippen molar-refractivity contribution in [1.82, 2.24) is 73.2 Å². The first-order valence-corrected chi connectivity index (χ1v) is 50.0. The summed E-state index contributed by atoms with van der Waals surface area (Å²) in [5.74, 6) is -8.70. The molecular formula is C107H155N15O19. The number of ketones is 6. The number of nitrogens with zero attached hydrogens (tertiary/aromatic N) is 3. The molecule has 8 aliphatic rings. The highest BCUT2D eigenvalue weighted by molar-refractivity contribution is 6.39. The highest BCUT2D eigenvalue weighted by Gasteiger charge is 2.73. The van der Waals surface area contributed by atoms with Crippen molar-refractivity contribution in [2.24, 2.45) is 103 Å². The molecule has 5 saturated carbocycles. The Labute approximate surface area is 830 Å². The molecule has 34 nitrogen and oxygen atoms in total. The SMILES string of the molecule is C=CCNC(=O)C(=O)C(CCC)NC(=O)[C@@H]1[C@@H]2[C@H](CN1C(=O)[C@@H](NC(=O)N[C@H](C(=O)C1CC1)C(C)C)C(C)(C)C)C2(C)C.C=CCNC(=O)C(=O)C(CCC)NC(=O)[C@@H]1[C@@H]2[C@H](CN1C(=O)[C@@H](NC(=O)N[C@H](C(=O)c1ccccc1)C(C)C)C(C)(C)C)C2(C)C.CC(C)[C@H](NC(=O)N[C@H](C(=O)N1C[C@H]2[C@@H]([C@H]1C(=O)NC(CC1CC1)C(=O)C(N)=O)C2(C)C)C(C)(C)C)C(=O)c1ccccc1OCc1ccccc1. The largest absolute Gasteiger partial charge is 0.488 e. The van der Waals surface area contributed by atoms with Crippen molar-refractivity contribution in [1.29, 1.82) is 0 Å². The summed E-state index contributed by atoms with van der Waals surface area (Å²) in [6.45, 7) is 52.0. The van der Waals surface area contributed by atoms with Crippen molar-refractivity contribution in [2.75, 3.05) is 32.7 Å². The van der Waals surface area contributed by atoms with E-state index in [1.54, 1.807) is 54.6 Å². The van der Waals surface area contributed by atoms with Crippen LogP contribution in [0.2, 0.25) is 0 Å². The number of amides is 15. The van der Waals surface area contributed by atoms with Gasteiger partial charge < -0.3 is 83.7 Å². The number of urea groups is 3. The zero-order valence-electron chi connectivity index (χ0n) is 86.7. The number of Topliss-reactive ketones (excluding diaryl/α,β-unsaturated/α-hetero) is 6. The molecule has 3 unspecified atom stereocenters. The van der Waals surface area contributed by atoms with Crippen LogP contribution in [0.25, 0.3) is 0 Å². The van der Waals surface area contributed by atoms with Gasteiger partial charge in [-0.05, 0) is 141 Å². The molecular weight excluding hydrogens is 1800 g/mol. The lowest BCUT2D eigenvalue weighted by Crippen LogP contribution is -2.62. The summed E-state index contributed by atoms with van der Waals surface area (Å²) < 4.78 is 6.03. The second-order valence-corrected chi connectivity index (χ2v) is 45.5. The Hall–Kier alpha value is -12.0. The number of fused-ring (bicyclic) bond motifs is 3. The lowest BCUT2D eigenvalue weighted by molar-refractivity contribution is -0.145. The quantitative estimate of drug-likeness (QED) is 0.0142. The zero-order valence-corrected chi connectivity index (χ0v) is 86.7. The fraction of sp³-hybridized carbons (Fsp3) is 0.626. The van der Waals surface area contributed by atoms with Gasteiger partial charge in [0.15, 0.2) is 17.3 Å². The zero-order chi connectivity index (χ0) is 105. The minimum atomic E-state index is -1.11. The van der Waals surface area contributed by atoms with Crippen LogP contribution in [0.15, 0.2) is 110 Å². The molecule has 3 saturated heterocycles. The van der Waals surface area contributed by atoms with Gasteiger partial charge in [-0.3, -0.25) is 71.9 Å². The van der Waals surface area contributed by atoms with Gasteiger partial charge in [-0.1, -0.05) is 270 Å². The Kier molecular flexibility index (Phi) is 37.0. The van der Waals surface area contributed by atoms with Crippen LogP contribution < -0.4 is 69.0 Å². The predicted molar refractivity (Wildman–Crippen MR) is 533 cm³/mol. The number of nitrogens with two attached hydrogens (primary N) is 1. The van der Waals surface area contributed by atoms with Gasteiger partial charge in [0, 0.05) is 44.2 Å². The monoisotopic (exact) mass is 1950 g/mol. The van der Waals surface area contributed by atoms with Crippen molar-refractivity contribution in [3.8, 4) is 5.75 Å². The summed E-state index contributed by atoms with van der Waals surface area (Å²) in [6, 6.07) is 11.9. The predicted octanol–water partition coefficient (Wildman–Crippen LogP) is 9.60. The number of carbonyl (C=O) groups is 18. The van der Waals surface area contributed by atoms with Gasteiger partial charge in [-0.15, -0.1) is 13.2 Å². The molecule has 0 aromatic heterocycles. The van der Waals surface area contributed by atoms with Crippen molar-refractivity contribution in [3.63, 3.8) is 0 Å². The van der Waals surface area contributed by atoms with Gasteiger partial charge in [-0.25, -0.2) is 14.4 Å². The second-order valence-electron chi connectivity index (χ2n) is 45.5. The lowest BCUT2D eigenvalue weighted by atomic mass is 9.85. The maximum Gasteiger partial charge on any atom is 0.316 e. The minimum absolute atomic E-state index is 0.0109. The number of likely N-dealkylation sites (tertiary alicyclic amines) is 3. The highest BCUT2D eigenvalue weighted by Crippen LogP contribution is 2.67. The van der Waals surface area contributed by atoms with Gasteiger partial charge in [0.05, 0.1) is 41.8 Å². The normalized spacial score (nSPS) is 22.6. The molecule has 18 atom stereocenters. The van der Waals surface area contributed by atoms with Crippen LogP contribution >= 0.6 is 0 Å². The maximum absolute atomic E-state index is 14.4. The number of para-hydroxylation sites is 1. The van der Waals surface area contributed by atoms with E-state index in [4.69, 9.17) is 10.5 Å². The summed E-state index contributed by atoms with van der Waals surface area (Å²) in [5.41, 5.74) is 4.20. The third-order valence-corrected chi connectivity index (χ3v) is 29.4.